The van der Waals surface area contributed by atoms with E-state index in [2.05, 4.69) is 14.9 Å². The van der Waals surface area contributed by atoms with Crippen molar-refractivity contribution in [1.29, 1.82) is 0 Å². The second-order valence-electron chi connectivity index (χ2n) is 4.44. The van der Waals surface area contributed by atoms with Gasteiger partial charge in [0, 0.05) is 30.9 Å². The SMILES string of the molecule is CNCCc1cncn1C1CCCCC1. The molecule has 1 aromatic heterocycles. The normalized spacial score (nSPS) is 18.2. The maximum atomic E-state index is 4.29. The maximum Gasteiger partial charge on any atom is 0.0950 e. The number of hydrogen-bond acceptors (Lipinski definition) is 2. The Morgan fingerprint density at radius 1 is 1.40 bits per heavy atom. The Labute approximate surface area is 91.9 Å². The van der Waals surface area contributed by atoms with E-state index in [0.29, 0.717) is 6.04 Å². The minimum atomic E-state index is 0.716. The molecular formula is C12H21N3. The number of nitrogens with zero attached hydrogens (tertiary/aromatic N) is 2. The van der Waals surface area contributed by atoms with Crippen molar-refractivity contribution in [3.63, 3.8) is 0 Å². The van der Waals surface area contributed by atoms with Crippen molar-refractivity contribution in [3.8, 4) is 0 Å². The molecule has 84 valence electrons. The molecule has 0 saturated heterocycles. The average Bonchev–Trinajstić information content (AvgIpc) is 2.75. The summed E-state index contributed by atoms with van der Waals surface area (Å²) in [4.78, 5) is 4.29. The van der Waals surface area contributed by atoms with E-state index in [1.807, 2.05) is 19.6 Å². The fraction of sp³-hybridized carbons (Fsp3) is 0.750. The Hall–Kier alpha value is -0.830. The van der Waals surface area contributed by atoms with Crippen molar-refractivity contribution in [1.82, 2.24) is 14.9 Å². The van der Waals surface area contributed by atoms with Gasteiger partial charge in [0.15, 0.2) is 0 Å². The van der Waals surface area contributed by atoms with E-state index < -0.39 is 0 Å². The predicted molar refractivity (Wildman–Crippen MR) is 62.0 cm³/mol. The van der Waals surface area contributed by atoms with E-state index in [1.165, 1.54) is 37.8 Å². The first-order valence-electron chi connectivity index (χ1n) is 6.07. The summed E-state index contributed by atoms with van der Waals surface area (Å²) in [6.45, 7) is 1.04. The van der Waals surface area contributed by atoms with Crippen LogP contribution in [-0.2, 0) is 6.42 Å². The van der Waals surface area contributed by atoms with Gasteiger partial charge in [-0.05, 0) is 19.9 Å². The molecule has 0 aliphatic heterocycles. The quantitative estimate of drug-likeness (QED) is 0.820. The van der Waals surface area contributed by atoms with Crippen LogP contribution in [0.4, 0.5) is 0 Å². The molecule has 0 bridgehead atoms. The van der Waals surface area contributed by atoms with E-state index in [4.69, 9.17) is 0 Å². The molecule has 3 nitrogen and oxygen atoms in total. The van der Waals surface area contributed by atoms with Gasteiger partial charge in [-0.1, -0.05) is 19.3 Å². The van der Waals surface area contributed by atoms with Crippen molar-refractivity contribution in [2.75, 3.05) is 13.6 Å². The number of imidazole rings is 1. The molecule has 0 spiro atoms. The predicted octanol–water partition coefficient (Wildman–Crippen LogP) is 2.15. The minimum Gasteiger partial charge on any atom is -0.332 e. The zero-order chi connectivity index (χ0) is 10.5. The van der Waals surface area contributed by atoms with Crippen LogP contribution in [0.5, 0.6) is 0 Å². The highest BCUT2D eigenvalue weighted by molar-refractivity contribution is 5.01. The molecule has 0 unspecified atom stereocenters. The third-order valence-electron chi connectivity index (χ3n) is 3.35. The highest BCUT2D eigenvalue weighted by Gasteiger charge is 2.16. The molecule has 15 heavy (non-hydrogen) atoms. The fourth-order valence-corrected chi connectivity index (χ4v) is 2.47. The van der Waals surface area contributed by atoms with Crippen molar-refractivity contribution >= 4 is 0 Å². The average molecular weight is 207 g/mol. The van der Waals surface area contributed by atoms with Gasteiger partial charge >= 0.3 is 0 Å². The second kappa shape index (κ2) is 5.31. The van der Waals surface area contributed by atoms with Gasteiger partial charge in [0.05, 0.1) is 6.33 Å². The number of aromatic nitrogens is 2. The summed E-state index contributed by atoms with van der Waals surface area (Å²) in [7, 11) is 2.00. The summed E-state index contributed by atoms with van der Waals surface area (Å²) in [6.07, 6.45) is 12.0. The van der Waals surface area contributed by atoms with E-state index in [-0.39, 0.29) is 0 Å². The largest absolute Gasteiger partial charge is 0.332 e. The third kappa shape index (κ3) is 2.59. The van der Waals surface area contributed by atoms with E-state index in [0.717, 1.165) is 13.0 Å². The molecule has 1 aromatic rings. The van der Waals surface area contributed by atoms with Gasteiger partial charge in [-0.2, -0.15) is 0 Å². The van der Waals surface area contributed by atoms with Gasteiger partial charge in [0.1, 0.15) is 0 Å². The smallest absolute Gasteiger partial charge is 0.0950 e. The molecule has 1 heterocycles. The van der Waals surface area contributed by atoms with Crippen LogP contribution in [0.15, 0.2) is 12.5 Å². The van der Waals surface area contributed by atoms with Crippen LogP contribution in [0.25, 0.3) is 0 Å². The zero-order valence-corrected chi connectivity index (χ0v) is 9.58. The summed E-state index contributed by atoms with van der Waals surface area (Å²) >= 11 is 0. The number of rotatable bonds is 4. The first-order chi connectivity index (χ1) is 7.42. The molecule has 0 amide bonds. The molecule has 0 radical (unpaired) electrons. The van der Waals surface area contributed by atoms with Gasteiger partial charge in [0.2, 0.25) is 0 Å². The molecule has 3 heteroatoms. The summed E-state index contributed by atoms with van der Waals surface area (Å²) in [6, 6.07) is 0.716. The van der Waals surface area contributed by atoms with Gasteiger partial charge < -0.3 is 9.88 Å². The fourth-order valence-electron chi connectivity index (χ4n) is 2.47. The molecule has 2 rings (SSSR count). The van der Waals surface area contributed by atoms with Crippen LogP contribution >= 0.6 is 0 Å². The molecule has 1 fully saturated rings. The van der Waals surface area contributed by atoms with Crippen LogP contribution in [0.1, 0.15) is 43.8 Å². The van der Waals surface area contributed by atoms with Crippen LogP contribution < -0.4 is 5.32 Å². The first-order valence-corrected chi connectivity index (χ1v) is 6.07. The van der Waals surface area contributed by atoms with E-state index in [9.17, 15) is 0 Å². The Bertz CT molecular complexity index is 287. The number of nitrogens with one attached hydrogen (secondary N) is 1. The first kappa shape index (κ1) is 10.7. The van der Waals surface area contributed by atoms with E-state index >= 15 is 0 Å². The molecule has 1 aliphatic rings. The Morgan fingerprint density at radius 3 is 2.93 bits per heavy atom. The van der Waals surface area contributed by atoms with Gasteiger partial charge in [-0.25, -0.2) is 4.98 Å². The maximum absolute atomic E-state index is 4.29. The molecule has 1 saturated carbocycles. The zero-order valence-electron chi connectivity index (χ0n) is 9.58. The summed E-state index contributed by atoms with van der Waals surface area (Å²) < 4.78 is 2.40. The summed E-state index contributed by atoms with van der Waals surface area (Å²) in [5, 5.41) is 3.20. The molecule has 0 atom stereocenters. The van der Waals surface area contributed by atoms with Crippen molar-refractivity contribution in [3.05, 3.63) is 18.2 Å². The van der Waals surface area contributed by atoms with Crippen LogP contribution in [0, 0.1) is 0 Å². The number of likely N-dealkylation sites (N-methyl/N-ethyl adjacent to an activating group) is 1. The topological polar surface area (TPSA) is 29.9 Å². The Kier molecular flexibility index (Phi) is 3.78. The minimum absolute atomic E-state index is 0.716. The lowest BCUT2D eigenvalue weighted by Gasteiger charge is -2.24. The Morgan fingerprint density at radius 2 is 2.20 bits per heavy atom. The van der Waals surface area contributed by atoms with Crippen LogP contribution in [0.2, 0.25) is 0 Å². The standard InChI is InChI=1S/C12H21N3/c1-13-8-7-12-9-14-10-15(12)11-5-3-2-4-6-11/h9-11,13H,2-8H2,1H3. The van der Waals surface area contributed by atoms with E-state index in [1.54, 1.807) is 0 Å². The number of hydrogen-bond donors (Lipinski definition) is 1. The van der Waals surface area contributed by atoms with Gasteiger partial charge in [-0.3, -0.25) is 0 Å². The van der Waals surface area contributed by atoms with Crippen LogP contribution in [0.3, 0.4) is 0 Å². The molecular weight excluding hydrogens is 186 g/mol. The molecule has 0 aromatic carbocycles. The highest BCUT2D eigenvalue weighted by atomic mass is 15.1. The third-order valence-corrected chi connectivity index (χ3v) is 3.35. The second-order valence-corrected chi connectivity index (χ2v) is 4.44. The summed E-state index contributed by atoms with van der Waals surface area (Å²) in [5.41, 5.74) is 1.39. The lowest BCUT2D eigenvalue weighted by molar-refractivity contribution is 0.346. The van der Waals surface area contributed by atoms with Crippen molar-refractivity contribution in [2.24, 2.45) is 0 Å². The van der Waals surface area contributed by atoms with Crippen molar-refractivity contribution < 1.29 is 0 Å². The monoisotopic (exact) mass is 207 g/mol. The van der Waals surface area contributed by atoms with Gasteiger partial charge in [0.25, 0.3) is 0 Å². The lowest BCUT2D eigenvalue weighted by Crippen LogP contribution is -2.17. The van der Waals surface area contributed by atoms with Gasteiger partial charge in [-0.15, -0.1) is 0 Å². The summed E-state index contributed by atoms with van der Waals surface area (Å²) in [5.74, 6) is 0. The molecule has 1 aliphatic carbocycles. The Balaban J connectivity index is 2.02. The van der Waals surface area contributed by atoms with Crippen molar-refractivity contribution in [2.45, 2.75) is 44.6 Å². The highest BCUT2D eigenvalue weighted by Crippen LogP contribution is 2.28. The lowest BCUT2D eigenvalue weighted by atomic mass is 9.95. The van der Waals surface area contributed by atoms with Crippen LogP contribution in [-0.4, -0.2) is 23.1 Å². The molecule has 1 N–H and O–H groups in total.